The number of ether oxygens (including phenoxy) is 2. The molecule has 1 rings (SSSR count). The van der Waals surface area contributed by atoms with Crippen LogP contribution in [-0.2, 0) is 19.1 Å². The summed E-state index contributed by atoms with van der Waals surface area (Å²) in [5.41, 5.74) is 0. The third-order valence-electron chi connectivity index (χ3n) is 1.74. The highest BCUT2D eigenvalue weighted by molar-refractivity contribution is 5.67. The molecular formula is C8H13NO4. The molecule has 2 atom stereocenters. The highest BCUT2D eigenvalue weighted by Gasteiger charge is 2.31. The monoisotopic (exact) mass is 187 g/mol. The van der Waals surface area contributed by atoms with E-state index < -0.39 is 0 Å². The van der Waals surface area contributed by atoms with Crippen LogP contribution in [0.15, 0.2) is 0 Å². The molecule has 5 heteroatoms. The van der Waals surface area contributed by atoms with Crippen molar-refractivity contribution in [3.63, 3.8) is 0 Å². The Labute approximate surface area is 76.4 Å². The van der Waals surface area contributed by atoms with Gasteiger partial charge < -0.3 is 14.8 Å². The second kappa shape index (κ2) is 4.23. The van der Waals surface area contributed by atoms with Gasteiger partial charge >= 0.3 is 11.9 Å². The summed E-state index contributed by atoms with van der Waals surface area (Å²) in [5.74, 6) is -0.711. The molecule has 0 spiro atoms. The third-order valence-corrected chi connectivity index (χ3v) is 1.74. The molecule has 0 aromatic rings. The quantitative estimate of drug-likeness (QED) is 0.588. The van der Waals surface area contributed by atoms with E-state index in [4.69, 9.17) is 9.47 Å². The van der Waals surface area contributed by atoms with Gasteiger partial charge in [0, 0.05) is 26.9 Å². The van der Waals surface area contributed by atoms with E-state index in [1.807, 2.05) is 0 Å². The lowest BCUT2D eigenvalue weighted by Gasteiger charge is -2.17. The molecule has 13 heavy (non-hydrogen) atoms. The minimum atomic E-state index is -0.356. The first-order chi connectivity index (χ1) is 6.09. The predicted octanol–water partition coefficient (Wildman–Crippen LogP) is -0.547. The Kier molecular flexibility index (Phi) is 3.25. The van der Waals surface area contributed by atoms with Gasteiger partial charge in [0.15, 0.2) is 12.2 Å². The number of rotatable bonds is 2. The van der Waals surface area contributed by atoms with Gasteiger partial charge in [0.2, 0.25) is 0 Å². The molecule has 0 aromatic heterocycles. The van der Waals surface area contributed by atoms with Crippen molar-refractivity contribution in [3.8, 4) is 0 Å². The van der Waals surface area contributed by atoms with Crippen LogP contribution in [0.4, 0.5) is 0 Å². The highest BCUT2D eigenvalue weighted by Crippen LogP contribution is 2.09. The Hall–Kier alpha value is -1.10. The van der Waals surface area contributed by atoms with E-state index in [9.17, 15) is 9.59 Å². The molecule has 0 aliphatic carbocycles. The normalized spacial score (nSPS) is 26.9. The summed E-state index contributed by atoms with van der Waals surface area (Å²) in [5, 5.41) is 2.98. The Morgan fingerprint density at radius 3 is 1.77 bits per heavy atom. The van der Waals surface area contributed by atoms with Gasteiger partial charge in [-0.3, -0.25) is 9.59 Å². The molecule has 0 unspecified atom stereocenters. The summed E-state index contributed by atoms with van der Waals surface area (Å²) in [6.45, 7) is 3.75. The van der Waals surface area contributed by atoms with Crippen molar-refractivity contribution in [2.24, 2.45) is 0 Å². The molecule has 1 saturated heterocycles. The molecule has 0 radical (unpaired) electrons. The van der Waals surface area contributed by atoms with Crippen LogP contribution in [0.25, 0.3) is 0 Å². The maximum Gasteiger partial charge on any atom is 0.303 e. The van der Waals surface area contributed by atoms with Crippen molar-refractivity contribution in [2.75, 3.05) is 13.1 Å². The SMILES string of the molecule is CC(=O)O[C@@H]1CNC[C@H]1OC(C)=O. The van der Waals surface area contributed by atoms with Gasteiger partial charge in [-0.1, -0.05) is 0 Å². The van der Waals surface area contributed by atoms with Crippen molar-refractivity contribution >= 4 is 11.9 Å². The molecule has 1 N–H and O–H groups in total. The molecule has 0 saturated carbocycles. The minimum Gasteiger partial charge on any atom is -0.457 e. The van der Waals surface area contributed by atoms with Gasteiger partial charge in [-0.05, 0) is 0 Å². The number of esters is 2. The first-order valence-corrected chi connectivity index (χ1v) is 4.14. The summed E-state index contributed by atoms with van der Waals surface area (Å²) in [6, 6.07) is 0. The second-order valence-corrected chi connectivity index (χ2v) is 2.95. The summed E-state index contributed by atoms with van der Waals surface area (Å²) in [4.78, 5) is 21.3. The summed E-state index contributed by atoms with van der Waals surface area (Å²) >= 11 is 0. The van der Waals surface area contributed by atoms with Crippen LogP contribution in [-0.4, -0.2) is 37.2 Å². The lowest BCUT2D eigenvalue weighted by molar-refractivity contribution is -0.160. The molecule has 0 aromatic carbocycles. The van der Waals surface area contributed by atoms with Crippen molar-refractivity contribution in [1.82, 2.24) is 5.32 Å². The Morgan fingerprint density at radius 1 is 1.08 bits per heavy atom. The largest absolute Gasteiger partial charge is 0.457 e. The van der Waals surface area contributed by atoms with Crippen LogP contribution < -0.4 is 5.32 Å². The highest BCUT2D eigenvalue weighted by atomic mass is 16.6. The molecule has 1 fully saturated rings. The Morgan fingerprint density at radius 2 is 1.46 bits per heavy atom. The van der Waals surface area contributed by atoms with Crippen molar-refractivity contribution < 1.29 is 19.1 Å². The average Bonchev–Trinajstić information content (AvgIpc) is 2.34. The summed E-state index contributed by atoms with van der Waals surface area (Å²) in [6.07, 6.45) is -0.692. The van der Waals surface area contributed by atoms with Gasteiger partial charge in [0.25, 0.3) is 0 Å². The standard InChI is InChI=1S/C8H13NO4/c1-5(10)12-7-3-9-4-8(7)13-6(2)11/h7-9H,3-4H2,1-2H3/t7-,8-/m1/s1. The van der Waals surface area contributed by atoms with Gasteiger partial charge in [-0.2, -0.15) is 0 Å². The second-order valence-electron chi connectivity index (χ2n) is 2.95. The topological polar surface area (TPSA) is 64.6 Å². The zero-order chi connectivity index (χ0) is 9.84. The van der Waals surface area contributed by atoms with Gasteiger partial charge in [-0.25, -0.2) is 0 Å². The average molecular weight is 187 g/mol. The number of hydrogen-bond donors (Lipinski definition) is 1. The number of carbonyl (C=O) groups excluding carboxylic acids is 2. The Bertz CT molecular complexity index is 194. The smallest absolute Gasteiger partial charge is 0.303 e. The van der Waals surface area contributed by atoms with Crippen LogP contribution in [0.5, 0.6) is 0 Å². The van der Waals surface area contributed by atoms with Crippen molar-refractivity contribution in [3.05, 3.63) is 0 Å². The molecule has 1 aliphatic rings. The third kappa shape index (κ3) is 3.02. The zero-order valence-corrected chi connectivity index (χ0v) is 7.70. The Balaban J connectivity index is 2.43. The predicted molar refractivity (Wildman–Crippen MR) is 44.0 cm³/mol. The summed E-state index contributed by atoms with van der Waals surface area (Å²) < 4.78 is 9.89. The number of nitrogens with one attached hydrogen (secondary N) is 1. The first kappa shape index (κ1) is 9.98. The van der Waals surface area contributed by atoms with E-state index >= 15 is 0 Å². The van der Waals surface area contributed by atoms with E-state index in [0.717, 1.165) is 0 Å². The molecule has 74 valence electrons. The number of hydrogen-bond acceptors (Lipinski definition) is 5. The lowest BCUT2D eigenvalue weighted by atomic mass is 10.2. The van der Waals surface area contributed by atoms with Crippen LogP contribution in [0.2, 0.25) is 0 Å². The summed E-state index contributed by atoms with van der Waals surface area (Å²) in [7, 11) is 0. The van der Waals surface area contributed by atoms with Crippen LogP contribution in [0, 0.1) is 0 Å². The molecule has 1 aliphatic heterocycles. The van der Waals surface area contributed by atoms with E-state index in [1.54, 1.807) is 0 Å². The fraction of sp³-hybridized carbons (Fsp3) is 0.750. The van der Waals surface area contributed by atoms with E-state index in [0.29, 0.717) is 13.1 Å². The van der Waals surface area contributed by atoms with Crippen molar-refractivity contribution in [1.29, 1.82) is 0 Å². The maximum absolute atomic E-state index is 10.6. The van der Waals surface area contributed by atoms with Crippen LogP contribution in [0.3, 0.4) is 0 Å². The van der Waals surface area contributed by atoms with E-state index in [1.165, 1.54) is 13.8 Å². The van der Waals surface area contributed by atoms with Crippen LogP contribution in [0.1, 0.15) is 13.8 Å². The fourth-order valence-electron chi connectivity index (χ4n) is 1.29. The lowest BCUT2D eigenvalue weighted by Crippen LogP contribution is -2.32. The zero-order valence-electron chi connectivity index (χ0n) is 7.70. The molecule has 0 amide bonds. The maximum atomic E-state index is 10.6. The molecular weight excluding hydrogens is 174 g/mol. The minimum absolute atomic E-state index is 0.346. The fourth-order valence-corrected chi connectivity index (χ4v) is 1.29. The molecule has 1 heterocycles. The van der Waals surface area contributed by atoms with E-state index in [-0.39, 0.29) is 24.1 Å². The van der Waals surface area contributed by atoms with Gasteiger partial charge in [-0.15, -0.1) is 0 Å². The molecule has 5 nitrogen and oxygen atoms in total. The van der Waals surface area contributed by atoms with Crippen LogP contribution >= 0.6 is 0 Å². The van der Waals surface area contributed by atoms with Gasteiger partial charge in [0.1, 0.15) is 0 Å². The van der Waals surface area contributed by atoms with E-state index in [2.05, 4.69) is 5.32 Å². The first-order valence-electron chi connectivity index (χ1n) is 4.14. The molecule has 0 bridgehead atoms. The van der Waals surface area contributed by atoms with Crippen molar-refractivity contribution in [2.45, 2.75) is 26.1 Å². The van der Waals surface area contributed by atoms with Gasteiger partial charge in [0.05, 0.1) is 0 Å². The number of carbonyl (C=O) groups is 2.